The number of rotatable bonds is 9. The van der Waals surface area contributed by atoms with Crippen molar-refractivity contribution in [2.24, 2.45) is 5.92 Å². The van der Waals surface area contributed by atoms with Gasteiger partial charge in [0.25, 0.3) is 0 Å². The van der Waals surface area contributed by atoms with Gasteiger partial charge in [-0.1, -0.05) is 13.8 Å². The third-order valence-corrected chi connectivity index (χ3v) is 4.19. The molecule has 0 aromatic rings. The van der Waals surface area contributed by atoms with Gasteiger partial charge in [0.15, 0.2) is 0 Å². The van der Waals surface area contributed by atoms with Gasteiger partial charge in [-0.3, -0.25) is 4.79 Å². The SMILES string of the molecule is CCCNC(CN(C)C(C)CC)(C(=O)O)C1CC1. The molecule has 0 amide bonds. The first-order chi connectivity index (χ1) is 8.47. The minimum absolute atomic E-state index is 0.299. The van der Waals surface area contributed by atoms with Crippen molar-refractivity contribution in [1.82, 2.24) is 10.2 Å². The summed E-state index contributed by atoms with van der Waals surface area (Å²) in [6.07, 6.45) is 4.09. The Bertz CT molecular complexity index is 279. The van der Waals surface area contributed by atoms with Gasteiger partial charge in [0.2, 0.25) is 0 Å². The fourth-order valence-electron chi connectivity index (χ4n) is 2.43. The highest BCUT2D eigenvalue weighted by molar-refractivity contribution is 5.80. The molecule has 0 aromatic carbocycles. The van der Waals surface area contributed by atoms with E-state index < -0.39 is 11.5 Å². The quantitative estimate of drug-likeness (QED) is 0.662. The lowest BCUT2D eigenvalue weighted by molar-refractivity contribution is -0.147. The van der Waals surface area contributed by atoms with Crippen molar-refractivity contribution in [1.29, 1.82) is 0 Å². The summed E-state index contributed by atoms with van der Waals surface area (Å²) < 4.78 is 0. The first-order valence-corrected chi connectivity index (χ1v) is 7.16. The maximum atomic E-state index is 11.8. The van der Waals surface area contributed by atoms with Crippen molar-refractivity contribution < 1.29 is 9.90 Å². The molecule has 0 radical (unpaired) electrons. The van der Waals surface area contributed by atoms with Crippen LogP contribution in [0.5, 0.6) is 0 Å². The van der Waals surface area contributed by atoms with E-state index in [1.807, 2.05) is 7.05 Å². The molecule has 2 unspecified atom stereocenters. The van der Waals surface area contributed by atoms with E-state index in [1.54, 1.807) is 0 Å². The Balaban J connectivity index is 2.78. The number of nitrogens with zero attached hydrogens (tertiary/aromatic N) is 1. The highest BCUT2D eigenvalue weighted by Crippen LogP contribution is 2.40. The fourth-order valence-corrected chi connectivity index (χ4v) is 2.43. The molecule has 0 saturated heterocycles. The van der Waals surface area contributed by atoms with E-state index in [4.69, 9.17) is 0 Å². The Hall–Kier alpha value is -0.610. The van der Waals surface area contributed by atoms with Crippen LogP contribution in [0.25, 0.3) is 0 Å². The molecule has 0 bridgehead atoms. The number of aliphatic carboxylic acids is 1. The summed E-state index contributed by atoms with van der Waals surface area (Å²) in [4.78, 5) is 13.9. The molecule has 1 aliphatic carbocycles. The van der Waals surface area contributed by atoms with Crippen molar-refractivity contribution >= 4 is 5.97 Å². The van der Waals surface area contributed by atoms with E-state index in [0.717, 1.165) is 32.2 Å². The zero-order valence-corrected chi connectivity index (χ0v) is 12.2. The highest BCUT2D eigenvalue weighted by atomic mass is 16.4. The zero-order valence-electron chi connectivity index (χ0n) is 12.2. The first-order valence-electron chi connectivity index (χ1n) is 7.16. The monoisotopic (exact) mass is 256 g/mol. The van der Waals surface area contributed by atoms with E-state index in [9.17, 15) is 9.90 Å². The maximum absolute atomic E-state index is 11.8. The van der Waals surface area contributed by atoms with E-state index >= 15 is 0 Å². The van der Waals surface area contributed by atoms with Crippen LogP contribution in [0.2, 0.25) is 0 Å². The number of carboxylic acids is 1. The molecule has 0 aromatic heterocycles. The van der Waals surface area contributed by atoms with Crippen LogP contribution < -0.4 is 5.32 Å². The predicted molar refractivity (Wildman–Crippen MR) is 73.8 cm³/mol. The average molecular weight is 256 g/mol. The van der Waals surface area contributed by atoms with Crippen LogP contribution in [-0.4, -0.2) is 47.7 Å². The lowest BCUT2D eigenvalue weighted by atomic mass is 9.91. The van der Waals surface area contributed by atoms with Crippen LogP contribution in [-0.2, 0) is 4.79 Å². The fraction of sp³-hybridized carbons (Fsp3) is 0.929. The molecule has 4 heteroatoms. The second-order valence-corrected chi connectivity index (χ2v) is 5.65. The minimum atomic E-state index is -0.742. The molecule has 1 rings (SSSR count). The summed E-state index contributed by atoms with van der Waals surface area (Å²) in [5.41, 5.74) is -0.742. The van der Waals surface area contributed by atoms with Crippen molar-refractivity contribution in [3.63, 3.8) is 0 Å². The van der Waals surface area contributed by atoms with E-state index in [0.29, 0.717) is 18.5 Å². The van der Waals surface area contributed by atoms with Gasteiger partial charge in [-0.2, -0.15) is 0 Å². The van der Waals surface area contributed by atoms with E-state index in [2.05, 4.69) is 31.0 Å². The summed E-state index contributed by atoms with van der Waals surface area (Å²) in [5.74, 6) is -0.387. The molecule has 1 saturated carbocycles. The van der Waals surface area contributed by atoms with E-state index in [-0.39, 0.29) is 0 Å². The van der Waals surface area contributed by atoms with Crippen molar-refractivity contribution in [2.75, 3.05) is 20.1 Å². The standard InChI is InChI=1S/C14H28N2O2/c1-5-9-15-14(13(17)18,12-7-8-12)10-16(4)11(3)6-2/h11-12,15H,5-10H2,1-4H3,(H,17,18). The Morgan fingerprint density at radius 2 is 2.11 bits per heavy atom. The molecule has 0 aliphatic heterocycles. The van der Waals surface area contributed by atoms with Crippen LogP contribution in [0, 0.1) is 5.92 Å². The predicted octanol–water partition coefficient (Wildman–Crippen LogP) is 1.95. The molecule has 18 heavy (non-hydrogen) atoms. The van der Waals surface area contributed by atoms with Crippen molar-refractivity contribution in [3.8, 4) is 0 Å². The van der Waals surface area contributed by atoms with Crippen LogP contribution in [0.1, 0.15) is 46.5 Å². The number of nitrogens with one attached hydrogen (secondary N) is 1. The normalized spacial score (nSPS) is 20.7. The van der Waals surface area contributed by atoms with Gasteiger partial charge in [0.1, 0.15) is 5.54 Å². The topological polar surface area (TPSA) is 52.6 Å². The molecule has 1 aliphatic rings. The highest BCUT2D eigenvalue weighted by Gasteiger charge is 2.51. The van der Waals surface area contributed by atoms with Gasteiger partial charge in [-0.15, -0.1) is 0 Å². The molecule has 0 spiro atoms. The molecule has 4 nitrogen and oxygen atoms in total. The number of hydrogen-bond acceptors (Lipinski definition) is 3. The molecular weight excluding hydrogens is 228 g/mol. The third-order valence-electron chi connectivity index (χ3n) is 4.19. The largest absolute Gasteiger partial charge is 0.480 e. The molecular formula is C14H28N2O2. The molecule has 106 valence electrons. The minimum Gasteiger partial charge on any atom is -0.480 e. The van der Waals surface area contributed by atoms with Gasteiger partial charge < -0.3 is 15.3 Å². The van der Waals surface area contributed by atoms with Crippen LogP contribution in [0.3, 0.4) is 0 Å². The summed E-state index contributed by atoms with van der Waals surface area (Å²) in [5, 5.41) is 13.0. The third kappa shape index (κ3) is 3.45. The van der Waals surface area contributed by atoms with Gasteiger partial charge in [-0.05, 0) is 52.1 Å². The smallest absolute Gasteiger partial charge is 0.325 e. The summed E-state index contributed by atoms with van der Waals surface area (Å²) in [7, 11) is 2.03. The number of likely N-dealkylation sites (N-methyl/N-ethyl adjacent to an activating group) is 1. The molecule has 2 N–H and O–H groups in total. The number of carbonyl (C=O) groups is 1. The lowest BCUT2D eigenvalue weighted by Gasteiger charge is -2.37. The van der Waals surface area contributed by atoms with Crippen molar-refractivity contribution in [2.45, 2.75) is 58.0 Å². The molecule has 0 heterocycles. The Labute approximate surface area is 111 Å². The molecule has 2 atom stereocenters. The Morgan fingerprint density at radius 1 is 1.50 bits per heavy atom. The second-order valence-electron chi connectivity index (χ2n) is 5.65. The van der Waals surface area contributed by atoms with Gasteiger partial charge in [0.05, 0.1) is 0 Å². The number of carboxylic acid groups (broad SMARTS) is 1. The first kappa shape index (κ1) is 15.4. The zero-order chi connectivity index (χ0) is 13.8. The van der Waals surface area contributed by atoms with Crippen LogP contribution in [0.4, 0.5) is 0 Å². The van der Waals surface area contributed by atoms with Crippen molar-refractivity contribution in [3.05, 3.63) is 0 Å². The van der Waals surface area contributed by atoms with Gasteiger partial charge in [-0.25, -0.2) is 0 Å². The Morgan fingerprint density at radius 3 is 2.50 bits per heavy atom. The van der Waals surface area contributed by atoms with Crippen LogP contribution in [0.15, 0.2) is 0 Å². The lowest BCUT2D eigenvalue weighted by Crippen LogP contribution is -2.61. The van der Waals surface area contributed by atoms with Gasteiger partial charge in [0, 0.05) is 12.6 Å². The average Bonchev–Trinajstić information content (AvgIpc) is 3.17. The second kappa shape index (κ2) is 6.53. The summed E-state index contributed by atoms with van der Waals surface area (Å²) in [6.45, 7) is 7.74. The number of hydrogen-bond donors (Lipinski definition) is 2. The summed E-state index contributed by atoms with van der Waals surface area (Å²) in [6, 6.07) is 0.422. The summed E-state index contributed by atoms with van der Waals surface area (Å²) >= 11 is 0. The molecule has 1 fully saturated rings. The van der Waals surface area contributed by atoms with E-state index in [1.165, 1.54) is 0 Å². The maximum Gasteiger partial charge on any atom is 0.325 e. The van der Waals surface area contributed by atoms with Gasteiger partial charge >= 0.3 is 5.97 Å². The van der Waals surface area contributed by atoms with Crippen LogP contribution >= 0.6 is 0 Å². The Kier molecular flexibility index (Phi) is 5.60.